The van der Waals surface area contributed by atoms with Crippen LogP contribution in [0.25, 0.3) is 0 Å². The molecule has 1 aliphatic rings. The van der Waals surface area contributed by atoms with E-state index >= 15 is 0 Å². The summed E-state index contributed by atoms with van der Waals surface area (Å²) in [7, 11) is 0. The van der Waals surface area contributed by atoms with E-state index in [9.17, 15) is 9.90 Å². The van der Waals surface area contributed by atoms with Gasteiger partial charge in [0.25, 0.3) is 5.91 Å². The van der Waals surface area contributed by atoms with Crippen LogP contribution in [0, 0.1) is 0 Å². The highest BCUT2D eigenvalue weighted by Gasteiger charge is 2.36. The van der Waals surface area contributed by atoms with Crippen LogP contribution in [0.1, 0.15) is 5.56 Å². The van der Waals surface area contributed by atoms with E-state index in [4.69, 9.17) is 23.2 Å². The number of aliphatic hydroxyl groups is 1. The number of carbonyl (C=O) groups excluding carboxylic acids is 1. The zero-order valence-electron chi connectivity index (χ0n) is 8.10. The monoisotopic (exact) mass is 258 g/mol. The number of nitrogens with zero attached hydrogens (tertiary/aromatic N) is 2. The second-order valence-electron chi connectivity index (χ2n) is 3.32. The van der Waals surface area contributed by atoms with Crippen molar-refractivity contribution in [1.29, 1.82) is 0 Å². The Morgan fingerprint density at radius 1 is 1.38 bits per heavy atom. The van der Waals surface area contributed by atoms with Crippen molar-refractivity contribution in [3.05, 3.63) is 40.2 Å². The third-order valence-corrected chi connectivity index (χ3v) is 3.13. The number of aromatic nitrogens is 1. The van der Waals surface area contributed by atoms with Crippen molar-refractivity contribution >= 4 is 29.1 Å². The SMILES string of the molecule is O=C1C(Cl)=C(Cl)C(O)N1Cc1ccncc1. The van der Waals surface area contributed by atoms with E-state index in [1.165, 1.54) is 4.90 Å². The van der Waals surface area contributed by atoms with Crippen LogP contribution in [0.15, 0.2) is 34.6 Å². The van der Waals surface area contributed by atoms with Crippen molar-refractivity contribution < 1.29 is 9.90 Å². The van der Waals surface area contributed by atoms with Gasteiger partial charge >= 0.3 is 0 Å². The summed E-state index contributed by atoms with van der Waals surface area (Å²) in [5, 5.41) is 9.53. The zero-order chi connectivity index (χ0) is 11.7. The third kappa shape index (κ3) is 1.91. The Morgan fingerprint density at radius 3 is 2.50 bits per heavy atom. The molecule has 16 heavy (non-hydrogen) atoms. The molecule has 2 rings (SSSR count). The van der Waals surface area contributed by atoms with Gasteiger partial charge in [-0.2, -0.15) is 0 Å². The largest absolute Gasteiger partial charge is 0.368 e. The highest BCUT2D eigenvalue weighted by atomic mass is 35.5. The molecule has 0 fully saturated rings. The highest BCUT2D eigenvalue weighted by Crippen LogP contribution is 2.30. The zero-order valence-corrected chi connectivity index (χ0v) is 9.61. The van der Waals surface area contributed by atoms with E-state index in [1.54, 1.807) is 24.5 Å². The van der Waals surface area contributed by atoms with Crippen LogP contribution in [0.4, 0.5) is 0 Å². The Kier molecular flexibility index (Phi) is 3.14. The molecule has 0 radical (unpaired) electrons. The number of hydrogen-bond acceptors (Lipinski definition) is 3. The summed E-state index contributed by atoms with van der Waals surface area (Å²) in [4.78, 5) is 16.7. The topological polar surface area (TPSA) is 53.4 Å². The predicted molar refractivity (Wildman–Crippen MR) is 59.5 cm³/mol. The van der Waals surface area contributed by atoms with E-state index in [2.05, 4.69) is 4.98 Å². The Bertz CT molecular complexity index is 447. The number of halogens is 2. The average molecular weight is 259 g/mol. The molecule has 0 saturated carbocycles. The van der Waals surface area contributed by atoms with Gasteiger partial charge in [0.1, 0.15) is 5.03 Å². The fraction of sp³-hybridized carbons (Fsp3) is 0.200. The molecule has 0 spiro atoms. The number of hydrogen-bond donors (Lipinski definition) is 1. The molecular formula is C10H8Cl2N2O2. The third-order valence-electron chi connectivity index (χ3n) is 2.28. The van der Waals surface area contributed by atoms with Crippen LogP contribution < -0.4 is 0 Å². The van der Waals surface area contributed by atoms with Crippen molar-refractivity contribution in [3.8, 4) is 0 Å². The maximum Gasteiger partial charge on any atom is 0.269 e. The molecule has 4 nitrogen and oxygen atoms in total. The fourth-order valence-corrected chi connectivity index (χ4v) is 1.84. The van der Waals surface area contributed by atoms with Gasteiger partial charge in [-0.25, -0.2) is 0 Å². The second-order valence-corrected chi connectivity index (χ2v) is 4.11. The Morgan fingerprint density at radius 2 is 2.00 bits per heavy atom. The Hall–Kier alpha value is -1.10. The number of rotatable bonds is 2. The minimum Gasteiger partial charge on any atom is -0.368 e. The van der Waals surface area contributed by atoms with Gasteiger partial charge in [-0.1, -0.05) is 23.2 Å². The summed E-state index contributed by atoms with van der Waals surface area (Å²) in [5.41, 5.74) is 0.846. The van der Waals surface area contributed by atoms with Crippen LogP contribution in [-0.4, -0.2) is 27.1 Å². The van der Waals surface area contributed by atoms with Crippen molar-refractivity contribution in [3.63, 3.8) is 0 Å². The first-order valence-electron chi connectivity index (χ1n) is 4.54. The molecule has 0 aromatic carbocycles. The van der Waals surface area contributed by atoms with Crippen molar-refractivity contribution in [2.45, 2.75) is 12.8 Å². The van der Waals surface area contributed by atoms with Gasteiger partial charge in [0.15, 0.2) is 6.23 Å². The summed E-state index contributed by atoms with van der Waals surface area (Å²) >= 11 is 11.3. The molecule has 0 aliphatic carbocycles. The first kappa shape index (κ1) is 11.4. The molecule has 2 heterocycles. The quantitative estimate of drug-likeness (QED) is 0.874. The summed E-state index contributed by atoms with van der Waals surface area (Å²) in [6.07, 6.45) is 2.06. The normalized spacial score (nSPS) is 20.8. The molecule has 6 heteroatoms. The second kappa shape index (κ2) is 4.41. The van der Waals surface area contributed by atoms with Gasteiger partial charge in [0.2, 0.25) is 0 Å². The summed E-state index contributed by atoms with van der Waals surface area (Å²) in [6, 6.07) is 3.50. The molecule has 0 bridgehead atoms. The number of aliphatic hydroxyl groups excluding tert-OH is 1. The molecule has 84 valence electrons. The Labute approximate surface area is 102 Å². The molecule has 1 aromatic heterocycles. The highest BCUT2D eigenvalue weighted by molar-refractivity contribution is 6.49. The van der Waals surface area contributed by atoms with E-state index in [1.807, 2.05) is 0 Å². The molecule has 1 aromatic rings. The van der Waals surface area contributed by atoms with Gasteiger partial charge in [-0.15, -0.1) is 0 Å². The van der Waals surface area contributed by atoms with Crippen LogP contribution in [0.5, 0.6) is 0 Å². The first-order chi connectivity index (χ1) is 7.61. The average Bonchev–Trinajstić information content (AvgIpc) is 2.48. The minimum absolute atomic E-state index is 0.0271. The van der Waals surface area contributed by atoms with E-state index < -0.39 is 12.1 Å². The summed E-state index contributed by atoms with van der Waals surface area (Å²) < 4.78 is 0. The lowest BCUT2D eigenvalue weighted by Crippen LogP contribution is -2.34. The standard InChI is InChI=1S/C10H8Cl2N2O2/c11-7-8(12)10(16)14(9(7)15)5-6-1-3-13-4-2-6/h1-4,9,15H,5H2. The molecule has 0 saturated heterocycles. The van der Waals surface area contributed by atoms with Gasteiger partial charge in [0, 0.05) is 18.9 Å². The van der Waals surface area contributed by atoms with E-state index in [-0.39, 0.29) is 16.6 Å². The lowest BCUT2D eigenvalue weighted by Gasteiger charge is -2.20. The lowest BCUT2D eigenvalue weighted by atomic mass is 10.2. The van der Waals surface area contributed by atoms with Gasteiger partial charge in [0.05, 0.1) is 5.03 Å². The predicted octanol–water partition coefficient (Wildman–Crippen LogP) is 1.43. The molecule has 1 atom stereocenters. The van der Waals surface area contributed by atoms with E-state index in [0.29, 0.717) is 0 Å². The van der Waals surface area contributed by atoms with Gasteiger partial charge < -0.3 is 10.0 Å². The molecular weight excluding hydrogens is 251 g/mol. The van der Waals surface area contributed by atoms with Crippen LogP contribution in [0.3, 0.4) is 0 Å². The number of carbonyl (C=O) groups is 1. The molecule has 1 N–H and O–H groups in total. The lowest BCUT2D eigenvalue weighted by molar-refractivity contribution is -0.132. The van der Waals surface area contributed by atoms with Crippen LogP contribution in [0.2, 0.25) is 0 Å². The maximum absolute atomic E-state index is 11.6. The summed E-state index contributed by atoms with van der Waals surface area (Å²) in [5.74, 6) is -0.462. The number of pyridine rings is 1. The molecule has 1 aliphatic heterocycles. The van der Waals surface area contributed by atoms with Crippen molar-refractivity contribution in [1.82, 2.24) is 9.88 Å². The molecule has 1 unspecified atom stereocenters. The first-order valence-corrected chi connectivity index (χ1v) is 5.30. The van der Waals surface area contributed by atoms with Gasteiger partial charge in [-0.3, -0.25) is 9.78 Å². The van der Waals surface area contributed by atoms with Crippen LogP contribution >= 0.6 is 23.2 Å². The van der Waals surface area contributed by atoms with Crippen LogP contribution in [-0.2, 0) is 11.3 Å². The maximum atomic E-state index is 11.6. The minimum atomic E-state index is -1.16. The summed E-state index contributed by atoms with van der Waals surface area (Å²) in [6.45, 7) is 0.245. The Balaban J connectivity index is 2.17. The number of amides is 1. The molecule has 1 amide bonds. The van der Waals surface area contributed by atoms with Crippen molar-refractivity contribution in [2.24, 2.45) is 0 Å². The smallest absolute Gasteiger partial charge is 0.269 e. The van der Waals surface area contributed by atoms with E-state index in [0.717, 1.165) is 5.56 Å². The van der Waals surface area contributed by atoms with Crippen molar-refractivity contribution in [2.75, 3.05) is 0 Å². The van der Waals surface area contributed by atoms with Gasteiger partial charge in [-0.05, 0) is 17.7 Å². The fourth-order valence-electron chi connectivity index (χ4n) is 1.43.